The van der Waals surface area contributed by atoms with Gasteiger partial charge in [0.15, 0.2) is 0 Å². The van der Waals surface area contributed by atoms with Crippen molar-refractivity contribution in [2.75, 3.05) is 25.7 Å². The minimum absolute atomic E-state index is 0.232. The summed E-state index contributed by atoms with van der Waals surface area (Å²) in [5.74, 6) is 3.77. The standard InChI is InChI=1S/C47H50O6SSi.C44H42O6S/c1-54-43-28-40-33-52-47(41(40)27-39(43)25-26-55(2,3)4)46(51-32-38-23-15-8-16-24-38)45(50-31-37-21-13-7-14-22-37)44(49-30-36-19-11-6-12-20-36)42(53-47)34-48-29-35-17-9-5-10-18-35;1-3-36-24-38-37(25-40(36)51-2)30-49-44(38)43(48-29-35-22-14-7-15-23-35)42(47-28-34-20-12-6-13-21-34)41(46-27-33-18-10-5-11-19-33)39(50-44)31-45-26-32-16-8-4-9-17-32/h5-24,27-28,42,44-46H,29-34H2,1-4H3;1,4-25,39,41-43H,26-31H2,2H3/t42-,44-,45+,46-,47+;39-,41-,42+,43-,44+/m11/s1. The highest BCUT2D eigenvalue weighted by Crippen LogP contribution is 2.52. The van der Waals surface area contributed by atoms with Crippen molar-refractivity contribution in [3.05, 3.63) is 345 Å². The van der Waals surface area contributed by atoms with E-state index >= 15 is 0 Å². The second-order valence-corrected chi connectivity index (χ2v) is 34.2. The number of benzene rings is 10. The molecule has 0 bridgehead atoms. The van der Waals surface area contributed by atoms with E-state index in [-0.39, 0.29) is 13.2 Å². The summed E-state index contributed by atoms with van der Waals surface area (Å²) < 4.78 is 82.9. The maximum atomic E-state index is 7.33. The van der Waals surface area contributed by atoms with Crippen molar-refractivity contribution in [2.24, 2.45) is 0 Å². The average molecular weight is 1470 g/mol. The molecular weight excluding hydrogens is 1380 g/mol. The Balaban J connectivity index is 0.000000188. The van der Waals surface area contributed by atoms with Gasteiger partial charge in [-0.15, -0.1) is 35.5 Å². The van der Waals surface area contributed by atoms with Crippen LogP contribution in [0.4, 0.5) is 0 Å². The first-order valence-electron chi connectivity index (χ1n) is 36.2. The van der Waals surface area contributed by atoms with Crippen molar-refractivity contribution in [1.82, 2.24) is 0 Å². The minimum atomic E-state index is -1.68. The molecule has 0 aliphatic carbocycles. The summed E-state index contributed by atoms with van der Waals surface area (Å²) in [7, 11) is -1.68. The van der Waals surface area contributed by atoms with Gasteiger partial charge in [-0.25, -0.2) is 0 Å². The van der Waals surface area contributed by atoms with E-state index in [4.69, 9.17) is 63.3 Å². The van der Waals surface area contributed by atoms with Crippen LogP contribution in [0.3, 0.4) is 0 Å². The molecule has 0 amide bonds. The summed E-state index contributed by atoms with van der Waals surface area (Å²) in [5, 5.41) is 0. The highest BCUT2D eigenvalue weighted by Gasteiger charge is 2.63. The van der Waals surface area contributed by atoms with Crippen molar-refractivity contribution >= 4 is 31.6 Å². The number of hydrogen-bond acceptors (Lipinski definition) is 14. The molecule has 0 radical (unpaired) electrons. The quantitative estimate of drug-likeness (QED) is 0.0263. The van der Waals surface area contributed by atoms with Crippen LogP contribution in [0.15, 0.2) is 277 Å². The van der Waals surface area contributed by atoms with Gasteiger partial charge in [0.25, 0.3) is 0 Å². The molecule has 2 saturated heterocycles. The largest absolute Gasteiger partial charge is 0.374 e. The summed E-state index contributed by atoms with van der Waals surface area (Å²) in [6.07, 6.45) is 5.17. The molecule has 12 nitrogen and oxygen atoms in total. The topological polar surface area (TPSA) is 111 Å². The summed E-state index contributed by atoms with van der Waals surface area (Å²) in [6.45, 7) is 10.8. The second-order valence-electron chi connectivity index (χ2n) is 27.8. The monoisotopic (exact) mass is 1470 g/mol. The van der Waals surface area contributed by atoms with Gasteiger partial charge >= 0.3 is 0 Å². The van der Waals surface area contributed by atoms with Crippen LogP contribution in [0.2, 0.25) is 19.6 Å². The number of hydrogen-bond donors (Lipinski definition) is 0. The van der Waals surface area contributed by atoms with Gasteiger partial charge in [0, 0.05) is 32.0 Å². The molecule has 544 valence electrons. The van der Waals surface area contributed by atoms with Crippen molar-refractivity contribution in [1.29, 1.82) is 0 Å². The predicted octanol–water partition coefficient (Wildman–Crippen LogP) is 18.1. The Morgan fingerprint density at radius 3 is 0.962 bits per heavy atom. The number of ether oxygens (including phenoxy) is 12. The van der Waals surface area contributed by atoms with Crippen LogP contribution in [0, 0.1) is 23.8 Å². The van der Waals surface area contributed by atoms with E-state index in [2.05, 4.69) is 134 Å². The lowest BCUT2D eigenvalue weighted by Crippen LogP contribution is -2.65. The van der Waals surface area contributed by atoms with Crippen molar-refractivity contribution in [3.63, 3.8) is 0 Å². The highest BCUT2D eigenvalue weighted by atomic mass is 32.2. The lowest BCUT2D eigenvalue weighted by molar-refractivity contribution is -0.387. The van der Waals surface area contributed by atoms with Crippen molar-refractivity contribution in [2.45, 2.75) is 156 Å². The first-order chi connectivity index (χ1) is 52.0. The van der Waals surface area contributed by atoms with E-state index in [0.717, 1.165) is 87.7 Å². The minimum Gasteiger partial charge on any atom is -0.374 e. The first-order valence-corrected chi connectivity index (χ1v) is 42.2. The highest BCUT2D eigenvalue weighted by molar-refractivity contribution is 7.98. The Morgan fingerprint density at radius 2 is 0.660 bits per heavy atom. The van der Waals surface area contributed by atoms with E-state index in [9.17, 15) is 0 Å². The summed E-state index contributed by atoms with van der Waals surface area (Å²) in [6, 6.07) is 89.8. The molecule has 106 heavy (non-hydrogen) atoms. The molecule has 10 atom stereocenters. The maximum Gasteiger partial charge on any atom is 0.226 e. The number of terminal acetylenes is 1. The zero-order valence-corrected chi connectivity index (χ0v) is 63.4. The molecule has 10 aromatic carbocycles. The smallest absolute Gasteiger partial charge is 0.226 e. The van der Waals surface area contributed by atoms with Gasteiger partial charge in [0.1, 0.15) is 56.9 Å². The molecule has 0 aromatic heterocycles. The third-order valence-corrected chi connectivity index (χ3v) is 21.5. The van der Waals surface area contributed by atoms with Gasteiger partial charge in [-0.3, -0.25) is 0 Å². The average Bonchev–Trinajstić information content (AvgIpc) is 1.50. The Hall–Kier alpha value is -8.24. The molecule has 10 aromatic rings. The van der Waals surface area contributed by atoms with Gasteiger partial charge < -0.3 is 56.8 Å². The third kappa shape index (κ3) is 19.2. The molecule has 14 rings (SSSR count). The molecule has 15 heteroatoms. The maximum absolute atomic E-state index is 7.33. The fourth-order valence-corrected chi connectivity index (χ4v) is 15.5. The normalized spacial score (nSPS) is 22.2. The molecule has 4 aliphatic heterocycles. The zero-order chi connectivity index (χ0) is 73.0. The summed E-state index contributed by atoms with van der Waals surface area (Å²) in [5.41, 5.74) is 17.5. The molecule has 4 aliphatic rings. The molecule has 0 N–H and O–H groups in total. The Bertz CT molecular complexity index is 4490. The third-order valence-electron chi connectivity index (χ3n) is 19.1. The molecule has 4 heterocycles. The van der Waals surface area contributed by atoms with Gasteiger partial charge in [-0.05, 0) is 92.4 Å². The van der Waals surface area contributed by atoms with Gasteiger partial charge in [0.2, 0.25) is 11.6 Å². The van der Waals surface area contributed by atoms with Gasteiger partial charge in [0.05, 0.1) is 79.3 Å². The van der Waals surface area contributed by atoms with Crippen LogP contribution in [-0.2, 0) is 134 Å². The van der Waals surface area contributed by atoms with Crippen LogP contribution in [-0.4, -0.2) is 82.6 Å². The summed E-state index contributed by atoms with van der Waals surface area (Å²) in [4.78, 5) is 2.13. The molecule has 2 fully saturated rings. The van der Waals surface area contributed by atoms with E-state index in [1.165, 1.54) is 0 Å². The Labute approximate surface area is 634 Å². The van der Waals surface area contributed by atoms with Crippen LogP contribution in [0.25, 0.3) is 0 Å². The number of thioether (sulfide) groups is 2. The van der Waals surface area contributed by atoms with Crippen LogP contribution in [0.1, 0.15) is 77.9 Å². The van der Waals surface area contributed by atoms with Gasteiger partial charge in [-0.1, -0.05) is 274 Å². The number of fused-ring (bicyclic) bond motifs is 4. The SMILES string of the molecule is C#Cc1cc2c(cc1SC)CO[C@]21O[C@H](COCc2ccccc2)[C@@H](OCc2ccccc2)[C@H](OCc2ccccc2)[C@H]1OCc1ccccc1.CSc1cc2c(cc1C#C[Si](C)(C)C)[C@]1(OC2)O[C@H](COCc2ccccc2)[C@@H](OCc2ccccc2)[C@H](OCc2ccccc2)[C@H]1OCc1ccccc1. The molecule has 0 unspecified atom stereocenters. The predicted molar refractivity (Wildman–Crippen MR) is 420 cm³/mol. The lowest BCUT2D eigenvalue weighted by Gasteiger charge is -2.51. The fourth-order valence-electron chi connectivity index (χ4n) is 13.8. The van der Waals surface area contributed by atoms with Crippen LogP contribution in [0.5, 0.6) is 0 Å². The van der Waals surface area contributed by atoms with Crippen LogP contribution < -0.4 is 0 Å². The van der Waals surface area contributed by atoms with E-state index < -0.39 is 68.5 Å². The lowest BCUT2D eigenvalue weighted by atomic mass is 9.86. The zero-order valence-electron chi connectivity index (χ0n) is 60.8. The van der Waals surface area contributed by atoms with Crippen molar-refractivity contribution in [3.8, 4) is 23.8 Å². The van der Waals surface area contributed by atoms with Crippen LogP contribution >= 0.6 is 23.5 Å². The Morgan fingerprint density at radius 1 is 0.377 bits per heavy atom. The van der Waals surface area contributed by atoms with E-state index in [1.807, 2.05) is 182 Å². The molecular formula is C91H92O12S2Si. The van der Waals surface area contributed by atoms with Crippen molar-refractivity contribution < 1.29 is 56.8 Å². The van der Waals surface area contributed by atoms with E-state index in [1.54, 1.807) is 23.5 Å². The van der Waals surface area contributed by atoms with E-state index in [0.29, 0.717) is 66.1 Å². The molecule has 0 saturated carbocycles. The van der Waals surface area contributed by atoms with Gasteiger partial charge in [-0.2, -0.15) is 0 Å². The molecule has 2 spiro atoms. The first kappa shape index (κ1) is 76.0. The fraction of sp³-hybridized carbons (Fsp3) is 0.297. The second kappa shape index (κ2) is 37.0. The number of rotatable bonds is 28. The Kier molecular flexibility index (Phi) is 26.5. The summed E-state index contributed by atoms with van der Waals surface area (Å²) >= 11 is 3.31.